The summed E-state index contributed by atoms with van der Waals surface area (Å²) in [5, 5.41) is 0. The summed E-state index contributed by atoms with van der Waals surface area (Å²) in [6.07, 6.45) is 1.84. The van der Waals surface area contributed by atoms with Gasteiger partial charge in [0.05, 0.1) is 6.61 Å². The van der Waals surface area contributed by atoms with E-state index in [1.165, 1.54) is 0 Å². The first kappa shape index (κ1) is 12.2. The molecule has 0 spiro atoms. The zero-order valence-corrected chi connectivity index (χ0v) is 10.6. The van der Waals surface area contributed by atoms with Crippen LogP contribution in [0.3, 0.4) is 0 Å². The van der Waals surface area contributed by atoms with Crippen LogP contribution in [0.25, 0.3) is 6.08 Å². The van der Waals surface area contributed by atoms with Gasteiger partial charge in [0.15, 0.2) is 0 Å². The summed E-state index contributed by atoms with van der Waals surface area (Å²) >= 11 is 0. The Morgan fingerprint density at radius 3 is 2.73 bits per heavy atom. The summed E-state index contributed by atoms with van der Waals surface area (Å²) in [5.74, 6) is 0. The molecule has 0 saturated heterocycles. The zero-order valence-electron chi connectivity index (χ0n) is 9.62. The molecule has 0 heterocycles. The summed E-state index contributed by atoms with van der Waals surface area (Å²) in [6.45, 7) is 8.41. The molecule has 0 aliphatic carbocycles. The molecule has 15 heavy (non-hydrogen) atoms. The van der Waals surface area contributed by atoms with Gasteiger partial charge in [-0.25, -0.2) is 0 Å². The molecule has 0 N–H and O–H groups in total. The number of hydrogen-bond acceptors (Lipinski definition) is 2. The van der Waals surface area contributed by atoms with Gasteiger partial charge in [0.1, 0.15) is 0 Å². The van der Waals surface area contributed by atoms with Crippen molar-refractivity contribution in [3.63, 3.8) is 0 Å². The van der Waals surface area contributed by atoms with Crippen molar-refractivity contribution in [1.29, 1.82) is 0 Å². The van der Waals surface area contributed by atoms with Gasteiger partial charge in [0, 0.05) is 7.11 Å². The minimum atomic E-state index is -1.91. The maximum absolute atomic E-state index is 5.75. The van der Waals surface area contributed by atoms with Gasteiger partial charge in [0.25, 0.3) is 0 Å². The highest BCUT2D eigenvalue weighted by atomic mass is 28.4. The van der Waals surface area contributed by atoms with E-state index in [1.807, 2.05) is 37.4 Å². The average Bonchev–Trinajstić information content (AvgIpc) is 2.27. The van der Waals surface area contributed by atoms with Gasteiger partial charge in [-0.2, -0.15) is 0 Å². The number of benzene rings is 1. The second-order valence-electron chi connectivity index (χ2n) is 3.84. The molecule has 0 atom stereocenters. The number of hydrogen-bond donors (Lipinski definition) is 0. The van der Waals surface area contributed by atoms with Gasteiger partial charge >= 0.3 is 8.56 Å². The molecule has 0 fully saturated rings. The zero-order chi connectivity index (χ0) is 11.3. The Bertz CT molecular complexity index is 334. The fourth-order valence-electron chi connectivity index (χ4n) is 1.13. The van der Waals surface area contributed by atoms with Gasteiger partial charge in [-0.1, -0.05) is 30.9 Å². The Hall–Kier alpha value is -0.903. The quantitative estimate of drug-likeness (QED) is 0.712. The van der Waals surface area contributed by atoms with Crippen LogP contribution in [0.1, 0.15) is 11.1 Å². The molecular formula is C12H18O2Si. The van der Waals surface area contributed by atoms with E-state index in [1.54, 1.807) is 7.11 Å². The molecule has 0 saturated carbocycles. The third-order valence-electron chi connectivity index (χ3n) is 2.26. The van der Waals surface area contributed by atoms with Crippen molar-refractivity contribution in [2.75, 3.05) is 7.11 Å². The topological polar surface area (TPSA) is 18.5 Å². The maximum atomic E-state index is 5.75. The Balaban J connectivity index is 2.61. The van der Waals surface area contributed by atoms with E-state index in [4.69, 9.17) is 8.85 Å². The molecule has 0 aliphatic heterocycles. The van der Waals surface area contributed by atoms with Crippen molar-refractivity contribution < 1.29 is 8.85 Å². The molecule has 0 radical (unpaired) electrons. The van der Waals surface area contributed by atoms with Crippen molar-refractivity contribution in [2.24, 2.45) is 0 Å². The predicted molar refractivity (Wildman–Crippen MR) is 65.8 cm³/mol. The van der Waals surface area contributed by atoms with Crippen LogP contribution < -0.4 is 0 Å². The van der Waals surface area contributed by atoms with Crippen LogP contribution in [0.2, 0.25) is 13.1 Å². The highest BCUT2D eigenvalue weighted by molar-refractivity contribution is 6.64. The first-order valence-corrected chi connectivity index (χ1v) is 7.79. The van der Waals surface area contributed by atoms with E-state index in [0.717, 1.165) is 11.1 Å². The monoisotopic (exact) mass is 222 g/mol. The van der Waals surface area contributed by atoms with Crippen LogP contribution in [0.15, 0.2) is 30.8 Å². The highest BCUT2D eigenvalue weighted by Gasteiger charge is 2.22. The van der Waals surface area contributed by atoms with E-state index < -0.39 is 8.56 Å². The number of rotatable bonds is 5. The predicted octanol–water partition coefficient (Wildman–Crippen LogP) is 3.19. The minimum absolute atomic E-state index is 0.606. The molecule has 0 aliphatic rings. The van der Waals surface area contributed by atoms with Crippen molar-refractivity contribution in [2.45, 2.75) is 19.7 Å². The average molecular weight is 222 g/mol. The molecular weight excluding hydrogens is 204 g/mol. The molecule has 0 bridgehead atoms. The summed E-state index contributed by atoms with van der Waals surface area (Å²) in [6, 6.07) is 8.16. The first-order valence-electron chi connectivity index (χ1n) is 4.98. The molecule has 2 nitrogen and oxygen atoms in total. The van der Waals surface area contributed by atoms with E-state index in [-0.39, 0.29) is 0 Å². The molecule has 82 valence electrons. The Morgan fingerprint density at radius 2 is 2.13 bits per heavy atom. The van der Waals surface area contributed by atoms with E-state index in [2.05, 4.69) is 12.6 Å². The second-order valence-corrected chi connectivity index (χ2v) is 7.34. The normalized spacial score (nSPS) is 11.4. The van der Waals surface area contributed by atoms with Crippen molar-refractivity contribution >= 4 is 14.6 Å². The first-order chi connectivity index (χ1) is 7.07. The van der Waals surface area contributed by atoms with Crippen LogP contribution in [-0.4, -0.2) is 15.7 Å². The second kappa shape index (κ2) is 5.26. The summed E-state index contributed by atoms with van der Waals surface area (Å²) in [7, 11) is -0.213. The van der Waals surface area contributed by atoms with Gasteiger partial charge in [0.2, 0.25) is 0 Å². The minimum Gasteiger partial charge on any atom is -0.398 e. The Morgan fingerprint density at radius 1 is 1.40 bits per heavy atom. The fourth-order valence-corrected chi connectivity index (χ4v) is 1.76. The summed E-state index contributed by atoms with van der Waals surface area (Å²) in [5.41, 5.74) is 2.28. The molecule has 0 amide bonds. The summed E-state index contributed by atoms with van der Waals surface area (Å²) < 4.78 is 11.1. The molecule has 3 heteroatoms. The Kier molecular flexibility index (Phi) is 4.26. The van der Waals surface area contributed by atoms with Crippen LogP contribution in [-0.2, 0) is 15.5 Å². The lowest BCUT2D eigenvalue weighted by Crippen LogP contribution is -2.32. The van der Waals surface area contributed by atoms with E-state index in [0.29, 0.717) is 6.61 Å². The largest absolute Gasteiger partial charge is 0.398 e. The lowest BCUT2D eigenvalue weighted by Gasteiger charge is -2.20. The van der Waals surface area contributed by atoms with Gasteiger partial charge in [-0.3, -0.25) is 0 Å². The van der Waals surface area contributed by atoms with E-state index >= 15 is 0 Å². The lowest BCUT2D eigenvalue weighted by molar-refractivity contribution is 0.202. The summed E-state index contributed by atoms with van der Waals surface area (Å²) in [4.78, 5) is 0. The SMILES string of the molecule is C=Cc1cccc(CO[Si](C)(C)OC)c1. The third-order valence-corrected chi connectivity index (χ3v) is 4.09. The molecule has 0 aromatic heterocycles. The van der Waals surface area contributed by atoms with Crippen LogP contribution in [0.5, 0.6) is 0 Å². The van der Waals surface area contributed by atoms with Crippen LogP contribution in [0, 0.1) is 0 Å². The lowest BCUT2D eigenvalue weighted by atomic mass is 10.1. The van der Waals surface area contributed by atoms with E-state index in [9.17, 15) is 0 Å². The molecule has 1 rings (SSSR count). The van der Waals surface area contributed by atoms with Gasteiger partial charge in [-0.15, -0.1) is 0 Å². The van der Waals surface area contributed by atoms with Crippen molar-refractivity contribution in [3.8, 4) is 0 Å². The Labute approximate surface area is 92.8 Å². The fraction of sp³-hybridized carbons (Fsp3) is 0.333. The molecule has 0 unspecified atom stereocenters. The van der Waals surface area contributed by atoms with Crippen LogP contribution >= 0.6 is 0 Å². The maximum Gasteiger partial charge on any atom is 0.331 e. The van der Waals surface area contributed by atoms with Gasteiger partial charge < -0.3 is 8.85 Å². The van der Waals surface area contributed by atoms with Crippen molar-refractivity contribution in [3.05, 3.63) is 42.0 Å². The smallest absolute Gasteiger partial charge is 0.331 e. The van der Waals surface area contributed by atoms with Gasteiger partial charge in [-0.05, 0) is 30.3 Å². The third kappa shape index (κ3) is 3.99. The standard InChI is InChI=1S/C12H18O2Si/c1-5-11-7-6-8-12(9-11)10-14-15(3,4)13-2/h5-9H,1,10H2,2-4H3. The molecule has 1 aromatic carbocycles. The van der Waals surface area contributed by atoms with Crippen LogP contribution in [0.4, 0.5) is 0 Å². The highest BCUT2D eigenvalue weighted by Crippen LogP contribution is 2.12. The van der Waals surface area contributed by atoms with Crippen molar-refractivity contribution in [1.82, 2.24) is 0 Å². The molecule has 1 aromatic rings.